The van der Waals surface area contributed by atoms with Crippen LogP contribution in [-0.2, 0) is 12.8 Å². The van der Waals surface area contributed by atoms with Gasteiger partial charge in [0.25, 0.3) is 5.69 Å². The van der Waals surface area contributed by atoms with Crippen LogP contribution >= 0.6 is 0 Å². The first-order valence-corrected chi connectivity index (χ1v) is 5.91. The molecule has 0 aliphatic rings. The molecule has 1 aromatic carbocycles. The van der Waals surface area contributed by atoms with Gasteiger partial charge >= 0.3 is 6.07 Å². The Morgan fingerprint density at radius 2 is 1.95 bits per heavy atom. The zero-order valence-corrected chi connectivity index (χ0v) is 10.5. The largest absolute Gasteiger partial charge is 0.498 e. The fourth-order valence-electron chi connectivity index (χ4n) is 1.82. The smallest absolute Gasteiger partial charge is 0.304 e. The van der Waals surface area contributed by atoms with Gasteiger partial charge in [-0.2, -0.15) is 0 Å². The number of nitro groups is 1. The molecule has 0 unspecified atom stereocenters. The number of pyridine rings is 1. The second kappa shape index (κ2) is 6.29. The maximum atomic E-state index is 10.6. The molecule has 2 aromatic rings. The summed E-state index contributed by atoms with van der Waals surface area (Å²) in [6, 6.07) is 12.4. The van der Waals surface area contributed by atoms with Crippen molar-refractivity contribution < 1.29 is 4.92 Å². The van der Waals surface area contributed by atoms with E-state index in [0.717, 1.165) is 11.1 Å². The number of aromatic nitrogens is 1. The minimum Gasteiger partial charge on any atom is -0.498 e. The first kappa shape index (κ1) is 13.5. The second-order valence-electron chi connectivity index (χ2n) is 4.18. The van der Waals surface area contributed by atoms with Crippen molar-refractivity contribution in [1.82, 2.24) is 4.98 Å². The van der Waals surface area contributed by atoms with E-state index in [1.807, 2.05) is 12.1 Å². The Hall–Kier alpha value is -2.94. The van der Waals surface area contributed by atoms with E-state index in [1.54, 1.807) is 18.3 Å². The third-order valence-electron chi connectivity index (χ3n) is 2.76. The van der Waals surface area contributed by atoms with Crippen molar-refractivity contribution in [2.45, 2.75) is 12.8 Å². The molecule has 0 N–H and O–H groups in total. The van der Waals surface area contributed by atoms with Crippen molar-refractivity contribution in [3.63, 3.8) is 0 Å². The second-order valence-corrected chi connectivity index (χ2v) is 4.18. The quantitative estimate of drug-likeness (QED) is 0.631. The molecule has 0 saturated carbocycles. The standard InChI is InChI=1S/C14H11N3O3/c18-16-8-6-13-10-12(5-7-15-13)9-11-1-3-14(4-2-11)17(19)20/h1-5,7,10H,6,9H2. The molecule has 0 atom stereocenters. The van der Waals surface area contributed by atoms with Gasteiger partial charge in [0.2, 0.25) is 0 Å². The lowest BCUT2D eigenvalue weighted by molar-refractivity contribution is -0.384. The zero-order chi connectivity index (χ0) is 14.4. The normalized spacial score (nSPS) is 9.60. The van der Waals surface area contributed by atoms with Gasteiger partial charge in [-0.05, 0) is 29.7 Å². The molecule has 6 heteroatoms. The molecule has 100 valence electrons. The summed E-state index contributed by atoms with van der Waals surface area (Å²) in [5.74, 6) is 0. The molecule has 6 nitrogen and oxygen atoms in total. The van der Waals surface area contributed by atoms with Crippen LogP contribution in [0.5, 0.6) is 0 Å². The molecule has 0 saturated heterocycles. The minimum absolute atomic E-state index is 0.0745. The summed E-state index contributed by atoms with van der Waals surface area (Å²) < 4.78 is 0. The fourth-order valence-corrected chi connectivity index (χ4v) is 1.82. The van der Waals surface area contributed by atoms with Crippen molar-refractivity contribution in [3.05, 3.63) is 79.7 Å². The molecule has 0 aliphatic heterocycles. The van der Waals surface area contributed by atoms with Crippen LogP contribution in [0.1, 0.15) is 16.8 Å². The van der Waals surface area contributed by atoms with E-state index < -0.39 is 4.92 Å². The van der Waals surface area contributed by atoms with E-state index in [0.29, 0.717) is 12.1 Å². The van der Waals surface area contributed by atoms with Crippen molar-refractivity contribution in [2.24, 2.45) is 0 Å². The Balaban J connectivity index is 2.12. The van der Waals surface area contributed by atoms with Crippen molar-refractivity contribution in [2.75, 3.05) is 0 Å². The SMILES string of the molecule is O=[N+]([O-])c1ccc(Cc2ccnc(CC#[N+][O-])c2)cc1. The summed E-state index contributed by atoms with van der Waals surface area (Å²) in [5, 5.41) is 23.1. The van der Waals surface area contributed by atoms with Gasteiger partial charge in [-0.25, -0.2) is 0 Å². The van der Waals surface area contributed by atoms with Crippen LogP contribution < -0.4 is 0 Å². The number of nitro benzene ring substituents is 1. The summed E-state index contributed by atoms with van der Waals surface area (Å²) in [4.78, 5) is 14.3. The third kappa shape index (κ3) is 3.53. The number of hydrogen-bond donors (Lipinski definition) is 0. The lowest BCUT2D eigenvalue weighted by Crippen LogP contribution is -1.94. The molecule has 2 rings (SSSR count). The van der Waals surface area contributed by atoms with Gasteiger partial charge in [0, 0.05) is 23.3 Å². The molecule has 20 heavy (non-hydrogen) atoms. The van der Waals surface area contributed by atoms with Gasteiger partial charge in [-0.15, -0.1) is 0 Å². The van der Waals surface area contributed by atoms with E-state index in [2.05, 4.69) is 16.1 Å². The van der Waals surface area contributed by atoms with E-state index in [4.69, 9.17) is 0 Å². The summed E-state index contributed by atoms with van der Waals surface area (Å²) in [6.07, 6.45) is 2.57. The number of rotatable bonds is 4. The molecule has 0 spiro atoms. The number of non-ortho nitro benzene ring substituents is 1. The lowest BCUT2D eigenvalue weighted by Gasteiger charge is -2.02. The molecular formula is C14H11N3O3. The highest BCUT2D eigenvalue weighted by atomic mass is 16.6. The Morgan fingerprint density at radius 1 is 1.20 bits per heavy atom. The first-order chi connectivity index (χ1) is 9.69. The Labute approximate surface area is 115 Å². The van der Waals surface area contributed by atoms with Crippen molar-refractivity contribution in [3.8, 4) is 6.07 Å². The molecule has 0 aliphatic carbocycles. The van der Waals surface area contributed by atoms with E-state index in [1.165, 1.54) is 12.1 Å². The van der Waals surface area contributed by atoms with Gasteiger partial charge < -0.3 is 5.21 Å². The molecule has 0 amide bonds. The average molecular weight is 269 g/mol. The highest BCUT2D eigenvalue weighted by Gasteiger charge is 2.05. The minimum atomic E-state index is -0.424. The predicted molar refractivity (Wildman–Crippen MR) is 74.5 cm³/mol. The van der Waals surface area contributed by atoms with Gasteiger partial charge in [0.05, 0.1) is 10.6 Å². The Kier molecular flexibility index (Phi) is 4.24. The monoisotopic (exact) mass is 269 g/mol. The molecular weight excluding hydrogens is 258 g/mol. The van der Waals surface area contributed by atoms with Crippen LogP contribution in [0.2, 0.25) is 0 Å². The Bertz CT molecular complexity index is 672. The predicted octanol–water partition coefficient (Wildman–Crippen LogP) is 2.95. The summed E-state index contributed by atoms with van der Waals surface area (Å²) in [7, 11) is 0. The van der Waals surface area contributed by atoms with Gasteiger partial charge in [-0.1, -0.05) is 12.1 Å². The van der Waals surface area contributed by atoms with Gasteiger partial charge in [0.15, 0.2) is 0 Å². The molecule has 1 aromatic heterocycles. The summed E-state index contributed by atoms with van der Waals surface area (Å²) in [5.41, 5.74) is 2.76. The van der Waals surface area contributed by atoms with Crippen LogP contribution in [0.15, 0.2) is 42.6 Å². The van der Waals surface area contributed by atoms with Crippen molar-refractivity contribution >= 4 is 5.69 Å². The van der Waals surface area contributed by atoms with Crippen LogP contribution in [0, 0.1) is 21.4 Å². The van der Waals surface area contributed by atoms with E-state index >= 15 is 0 Å². The number of hydrogen-bond acceptors (Lipinski definition) is 4. The maximum Gasteiger partial charge on any atom is 0.304 e. The number of benzene rings is 1. The highest BCUT2D eigenvalue weighted by molar-refractivity contribution is 5.35. The molecule has 0 fully saturated rings. The lowest BCUT2D eigenvalue weighted by atomic mass is 10.0. The fraction of sp³-hybridized carbons (Fsp3) is 0.143. The molecule has 1 heterocycles. The van der Waals surface area contributed by atoms with Crippen LogP contribution in [0.25, 0.3) is 5.01 Å². The summed E-state index contributed by atoms with van der Waals surface area (Å²) in [6.45, 7) is 0. The Morgan fingerprint density at radius 3 is 2.60 bits per heavy atom. The van der Waals surface area contributed by atoms with Crippen LogP contribution in [-0.4, -0.2) is 9.91 Å². The van der Waals surface area contributed by atoms with Crippen LogP contribution in [0.3, 0.4) is 0 Å². The molecule has 0 radical (unpaired) electrons. The average Bonchev–Trinajstić information content (AvgIpc) is 2.46. The van der Waals surface area contributed by atoms with E-state index in [9.17, 15) is 15.3 Å². The van der Waals surface area contributed by atoms with Gasteiger partial charge in [-0.3, -0.25) is 15.1 Å². The van der Waals surface area contributed by atoms with Gasteiger partial charge in [0.1, 0.15) is 6.42 Å². The summed E-state index contributed by atoms with van der Waals surface area (Å²) >= 11 is 0. The third-order valence-corrected chi connectivity index (χ3v) is 2.76. The number of nitrogens with zero attached hydrogens (tertiary/aromatic N) is 3. The van der Waals surface area contributed by atoms with E-state index in [-0.39, 0.29) is 12.1 Å². The maximum absolute atomic E-state index is 10.6. The molecule has 0 bridgehead atoms. The topological polar surface area (TPSA) is 83.5 Å². The first-order valence-electron chi connectivity index (χ1n) is 5.91. The van der Waals surface area contributed by atoms with Crippen molar-refractivity contribution in [1.29, 1.82) is 0 Å². The van der Waals surface area contributed by atoms with Crippen LogP contribution in [0.4, 0.5) is 5.69 Å². The zero-order valence-electron chi connectivity index (χ0n) is 10.5. The highest BCUT2D eigenvalue weighted by Crippen LogP contribution is 2.15.